The van der Waals surface area contributed by atoms with Gasteiger partial charge < -0.3 is 14.8 Å². The van der Waals surface area contributed by atoms with E-state index in [1.807, 2.05) is 31.3 Å². The molecule has 0 unspecified atom stereocenters. The molecular formula is C20H19F3N2O6. The third kappa shape index (κ3) is 6.98. The van der Waals surface area contributed by atoms with Gasteiger partial charge >= 0.3 is 12.1 Å². The van der Waals surface area contributed by atoms with Gasteiger partial charge in [-0.3, -0.25) is 14.9 Å². The Balaban J connectivity index is 1.90. The zero-order chi connectivity index (χ0) is 23.2. The molecule has 0 aliphatic carbocycles. The van der Waals surface area contributed by atoms with Gasteiger partial charge in [0.15, 0.2) is 13.2 Å². The molecule has 0 saturated heterocycles. The van der Waals surface area contributed by atoms with Gasteiger partial charge in [-0.2, -0.15) is 13.2 Å². The minimum absolute atomic E-state index is 0.306. The van der Waals surface area contributed by atoms with Crippen LogP contribution in [0.5, 0.6) is 5.75 Å². The van der Waals surface area contributed by atoms with Crippen molar-refractivity contribution in [2.75, 3.05) is 18.5 Å². The molecule has 0 spiro atoms. The van der Waals surface area contributed by atoms with Crippen molar-refractivity contribution in [2.45, 2.75) is 25.9 Å². The van der Waals surface area contributed by atoms with Crippen LogP contribution in [0.15, 0.2) is 42.5 Å². The maximum atomic E-state index is 13.1. The molecule has 11 heteroatoms. The second-order valence-corrected chi connectivity index (χ2v) is 6.71. The molecule has 0 saturated carbocycles. The molecule has 2 aromatic carbocycles. The molecule has 2 aromatic rings. The SMILES string of the molecule is CC(C)c1ccc(OCC(=O)OCC(=O)Nc2ccc([N+](=O)[O-])cc2C(F)(F)F)cc1. The van der Waals surface area contributed by atoms with Gasteiger partial charge in [0.2, 0.25) is 0 Å². The highest BCUT2D eigenvalue weighted by molar-refractivity contribution is 5.93. The molecule has 0 radical (unpaired) electrons. The lowest BCUT2D eigenvalue weighted by molar-refractivity contribution is -0.385. The second kappa shape index (κ2) is 9.92. The van der Waals surface area contributed by atoms with E-state index >= 15 is 0 Å². The average molecular weight is 440 g/mol. The summed E-state index contributed by atoms with van der Waals surface area (Å²) in [5.74, 6) is -1.21. The Kier molecular flexibility index (Phi) is 7.56. The van der Waals surface area contributed by atoms with Crippen molar-refractivity contribution in [1.82, 2.24) is 0 Å². The lowest BCUT2D eigenvalue weighted by Crippen LogP contribution is -2.24. The number of halogens is 3. The number of esters is 1. The summed E-state index contributed by atoms with van der Waals surface area (Å²) >= 11 is 0. The summed E-state index contributed by atoms with van der Waals surface area (Å²) < 4.78 is 49.2. The van der Waals surface area contributed by atoms with E-state index in [1.165, 1.54) is 0 Å². The predicted molar refractivity (Wildman–Crippen MR) is 104 cm³/mol. The van der Waals surface area contributed by atoms with Gasteiger partial charge in [0.25, 0.3) is 11.6 Å². The molecule has 0 aromatic heterocycles. The standard InChI is InChI=1S/C20H19F3N2O6/c1-12(2)13-3-6-15(7-4-13)30-11-19(27)31-10-18(26)24-17-8-5-14(25(28)29)9-16(17)20(21,22)23/h3-9,12H,10-11H2,1-2H3,(H,24,26). The van der Waals surface area contributed by atoms with Gasteiger partial charge in [-0.1, -0.05) is 26.0 Å². The number of alkyl halides is 3. The van der Waals surface area contributed by atoms with Crippen LogP contribution in [0.2, 0.25) is 0 Å². The van der Waals surface area contributed by atoms with Crippen molar-refractivity contribution in [1.29, 1.82) is 0 Å². The maximum Gasteiger partial charge on any atom is 0.418 e. The third-order valence-corrected chi connectivity index (χ3v) is 4.06. The first-order chi connectivity index (χ1) is 14.5. The molecule has 0 atom stereocenters. The summed E-state index contributed by atoms with van der Waals surface area (Å²) in [5, 5.41) is 12.6. The number of amides is 1. The van der Waals surface area contributed by atoms with E-state index < -0.39 is 53.1 Å². The molecule has 1 N–H and O–H groups in total. The van der Waals surface area contributed by atoms with Gasteiger partial charge in [0.1, 0.15) is 5.75 Å². The molecule has 2 rings (SSSR count). The molecular weight excluding hydrogens is 421 g/mol. The Morgan fingerprint density at radius 3 is 2.29 bits per heavy atom. The summed E-state index contributed by atoms with van der Waals surface area (Å²) in [4.78, 5) is 33.3. The summed E-state index contributed by atoms with van der Waals surface area (Å²) in [7, 11) is 0. The molecule has 1 amide bonds. The topological polar surface area (TPSA) is 108 Å². The van der Waals surface area contributed by atoms with Crippen LogP contribution in [0, 0.1) is 10.1 Å². The lowest BCUT2D eigenvalue weighted by atomic mass is 10.0. The van der Waals surface area contributed by atoms with Crippen LogP contribution < -0.4 is 10.1 Å². The van der Waals surface area contributed by atoms with Crippen molar-refractivity contribution in [3.63, 3.8) is 0 Å². The van der Waals surface area contributed by atoms with Gasteiger partial charge in [-0.25, -0.2) is 4.79 Å². The fourth-order valence-electron chi connectivity index (χ4n) is 2.45. The van der Waals surface area contributed by atoms with Crippen molar-refractivity contribution in [3.8, 4) is 5.75 Å². The van der Waals surface area contributed by atoms with Gasteiger partial charge in [-0.05, 0) is 29.7 Å². The Morgan fingerprint density at radius 1 is 1.10 bits per heavy atom. The molecule has 166 valence electrons. The number of nitro groups is 1. The van der Waals surface area contributed by atoms with E-state index in [0.717, 1.165) is 17.7 Å². The highest BCUT2D eigenvalue weighted by Crippen LogP contribution is 2.37. The average Bonchev–Trinajstić information content (AvgIpc) is 2.70. The molecule has 31 heavy (non-hydrogen) atoms. The third-order valence-electron chi connectivity index (χ3n) is 4.06. The highest BCUT2D eigenvalue weighted by atomic mass is 19.4. The molecule has 0 heterocycles. The number of ether oxygens (including phenoxy) is 2. The predicted octanol–water partition coefficient (Wildman–Crippen LogP) is 4.30. The largest absolute Gasteiger partial charge is 0.482 e. The van der Waals surface area contributed by atoms with Crippen LogP contribution in [0.3, 0.4) is 0 Å². The van der Waals surface area contributed by atoms with Crippen LogP contribution in [0.25, 0.3) is 0 Å². The van der Waals surface area contributed by atoms with Crippen molar-refractivity contribution < 1.29 is 37.2 Å². The van der Waals surface area contributed by atoms with E-state index in [-0.39, 0.29) is 0 Å². The smallest absolute Gasteiger partial charge is 0.418 e. The minimum Gasteiger partial charge on any atom is -0.482 e. The zero-order valence-corrected chi connectivity index (χ0v) is 16.6. The second-order valence-electron chi connectivity index (χ2n) is 6.71. The summed E-state index contributed by atoms with van der Waals surface area (Å²) in [6.45, 7) is 2.68. The number of nitrogens with zero attached hydrogens (tertiary/aromatic N) is 1. The molecule has 0 aliphatic rings. The van der Waals surface area contributed by atoms with E-state index in [4.69, 9.17) is 4.74 Å². The Morgan fingerprint density at radius 2 is 1.74 bits per heavy atom. The number of benzene rings is 2. The normalized spacial score (nSPS) is 11.2. The highest BCUT2D eigenvalue weighted by Gasteiger charge is 2.35. The Bertz CT molecular complexity index is 958. The first-order valence-electron chi connectivity index (χ1n) is 9.01. The number of non-ortho nitro benzene ring substituents is 1. The van der Waals surface area contributed by atoms with Crippen LogP contribution in [-0.2, 0) is 20.5 Å². The fourth-order valence-corrected chi connectivity index (χ4v) is 2.45. The lowest BCUT2D eigenvalue weighted by Gasteiger charge is -2.13. The van der Waals surface area contributed by atoms with Gasteiger partial charge in [0, 0.05) is 12.1 Å². The van der Waals surface area contributed by atoms with Crippen molar-refractivity contribution >= 4 is 23.3 Å². The number of hydrogen-bond acceptors (Lipinski definition) is 6. The first kappa shape index (κ1) is 23.6. The summed E-state index contributed by atoms with van der Waals surface area (Å²) in [6, 6.07) is 8.88. The number of nitrogens with one attached hydrogen (secondary N) is 1. The van der Waals surface area contributed by atoms with Gasteiger partial charge in [-0.15, -0.1) is 0 Å². The monoisotopic (exact) mass is 440 g/mol. The first-order valence-corrected chi connectivity index (χ1v) is 9.01. The number of hydrogen-bond donors (Lipinski definition) is 1. The Hall–Kier alpha value is -3.63. The molecule has 0 aliphatic heterocycles. The number of nitro benzene ring substituents is 1. The number of anilines is 1. The number of rotatable bonds is 8. The zero-order valence-electron chi connectivity index (χ0n) is 16.6. The molecule has 0 bridgehead atoms. The maximum absolute atomic E-state index is 13.1. The Labute approximate surface area is 175 Å². The van der Waals surface area contributed by atoms with Crippen LogP contribution in [-0.4, -0.2) is 30.0 Å². The summed E-state index contributed by atoms with van der Waals surface area (Å²) in [6.07, 6.45) is -4.94. The number of carbonyl (C=O) groups is 2. The van der Waals surface area contributed by atoms with Crippen LogP contribution in [0.4, 0.5) is 24.5 Å². The van der Waals surface area contributed by atoms with E-state index in [2.05, 4.69) is 4.74 Å². The molecule has 8 nitrogen and oxygen atoms in total. The quantitative estimate of drug-likeness (QED) is 0.373. The van der Waals surface area contributed by atoms with Crippen LogP contribution in [0.1, 0.15) is 30.9 Å². The minimum atomic E-state index is -4.94. The molecule has 0 fully saturated rings. The van der Waals surface area contributed by atoms with E-state index in [9.17, 15) is 32.9 Å². The van der Waals surface area contributed by atoms with E-state index in [0.29, 0.717) is 17.7 Å². The van der Waals surface area contributed by atoms with E-state index in [1.54, 1.807) is 12.1 Å². The summed E-state index contributed by atoms with van der Waals surface area (Å²) in [5.41, 5.74) is -1.79. The fraction of sp³-hybridized carbons (Fsp3) is 0.300. The van der Waals surface area contributed by atoms with Crippen molar-refractivity contribution in [3.05, 3.63) is 63.7 Å². The van der Waals surface area contributed by atoms with Crippen molar-refractivity contribution in [2.24, 2.45) is 0 Å². The number of carbonyl (C=O) groups excluding carboxylic acids is 2. The van der Waals surface area contributed by atoms with Gasteiger partial charge in [0.05, 0.1) is 16.2 Å². The van der Waals surface area contributed by atoms with Crippen LogP contribution >= 0.6 is 0 Å².